The van der Waals surface area contributed by atoms with Crippen LogP contribution in [0, 0.1) is 0 Å². The highest BCUT2D eigenvalue weighted by molar-refractivity contribution is 7.10. The number of nitrogens with one attached hydrogen (secondary N) is 2. The van der Waals surface area contributed by atoms with Crippen molar-refractivity contribution in [1.82, 2.24) is 10.2 Å². The van der Waals surface area contributed by atoms with Crippen LogP contribution in [0.25, 0.3) is 0 Å². The molecule has 0 saturated heterocycles. The molecule has 2 N–H and O–H groups in total. The lowest BCUT2D eigenvalue weighted by Gasteiger charge is -2.19. The van der Waals surface area contributed by atoms with Crippen molar-refractivity contribution in [3.05, 3.63) is 52.2 Å². The fourth-order valence-corrected chi connectivity index (χ4v) is 3.26. The minimum absolute atomic E-state index is 0.00862. The van der Waals surface area contributed by atoms with Crippen molar-refractivity contribution in [3.8, 4) is 0 Å². The summed E-state index contributed by atoms with van der Waals surface area (Å²) in [6, 6.07) is 11.8. The molecule has 2 rings (SSSR count). The lowest BCUT2D eigenvalue weighted by molar-refractivity contribution is -0.129. The molecule has 0 bridgehead atoms. The number of thiophene rings is 1. The Labute approximate surface area is 153 Å². The van der Waals surface area contributed by atoms with Crippen LogP contribution in [0.5, 0.6) is 0 Å². The molecule has 2 aromatic rings. The van der Waals surface area contributed by atoms with Gasteiger partial charge in [-0.2, -0.15) is 0 Å². The Balaban J connectivity index is 1.87. The second-order valence-electron chi connectivity index (χ2n) is 5.89. The maximum Gasteiger partial charge on any atom is 0.239 e. The molecule has 25 heavy (non-hydrogen) atoms. The van der Waals surface area contributed by atoms with Crippen LogP contribution in [-0.2, 0) is 16.1 Å². The van der Waals surface area contributed by atoms with Gasteiger partial charge in [-0.05, 0) is 43.0 Å². The Morgan fingerprint density at radius 2 is 2.04 bits per heavy atom. The van der Waals surface area contributed by atoms with E-state index < -0.39 is 0 Å². The largest absolute Gasteiger partial charge is 0.376 e. The van der Waals surface area contributed by atoms with Crippen molar-refractivity contribution in [2.24, 2.45) is 0 Å². The molecule has 0 radical (unpaired) electrons. The standard InChI is InChI=1S/C19H25N3O2S/c1-4-22(15(3)23)13-16-7-5-8-17(11-16)20-12-19(24)21-14(2)18-9-6-10-25-18/h5-11,14,20H,4,12-13H2,1-3H3,(H,21,24). The number of carbonyl (C=O) groups is 2. The van der Waals surface area contributed by atoms with Gasteiger partial charge in [0, 0.05) is 30.6 Å². The molecule has 0 fully saturated rings. The van der Waals surface area contributed by atoms with Gasteiger partial charge in [-0.25, -0.2) is 0 Å². The van der Waals surface area contributed by atoms with Crippen LogP contribution in [-0.4, -0.2) is 29.8 Å². The molecule has 2 amide bonds. The predicted octanol–water partition coefficient (Wildman–Crippen LogP) is 3.41. The number of benzene rings is 1. The monoisotopic (exact) mass is 359 g/mol. The van der Waals surface area contributed by atoms with Crippen molar-refractivity contribution in [1.29, 1.82) is 0 Å². The van der Waals surface area contributed by atoms with Gasteiger partial charge in [0.25, 0.3) is 0 Å². The van der Waals surface area contributed by atoms with E-state index in [4.69, 9.17) is 0 Å². The zero-order valence-corrected chi connectivity index (χ0v) is 15.7. The smallest absolute Gasteiger partial charge is 0.239 e. The highest BCUT2D eigenvalue weighted by atomic mass is 32.1. The molecule has 0 aliphatic carbocycles. The van der Waals surface area contributed by atoms with Crippen LogP contribution in [0.1, 0.15) is 37.3 Å². The van der Waals surface area contributed by atoms with E-state index in [0.29, 0.717) is 13.1 Å². The second-order valence-corrected chi connectivity index (χ2v) is 6.87. The van der Waals surface area contributed by atoms with Crippen LogP contribution < -0.4 is 10.6 Å². The molecule has 1 aromatic heterocycles. The molecule has 5 nitrogen and oxygen atoms in total. The number of hydrogen-bond donors (Lipinski definition) is 2. The fourth-order valence-electron chi connectivity index (χ4n) is 2.53. The number of hydrogen-bond acceptors (Lipinski definition) is 4. The van der Waals surface area contributed by atoms with Gasteiger partial charge in [0.1, 0.15) is 0 Å². The number of nitrogens with zero attached hydrogens (tertiary/aromatic N) is 1. The molecule has 0 saturated carbocycles. The first kappa shape index (κ1) is 19.0. The van der Waals surface area contributed by atoms with E-state index in [1.807, 2.05) is 55.6 Å². The second kappa shape index (κ2) is 9.22. The molecule has 0 aliphatic rings. The topological polar surface area (TPSA) is 61.4 Å². The molecule has 1 unspecified atom stereocenters. The number of rotatable bonds is 8. The Morgan fingerprint density at radius 1 is 1.24 bits per heavy atom. The third-order valence-electron chi connectivity index (χ3n) is 3.93. The summed E-state index contributed by atoms with van der Waals surface area (Å²) in [5, 5.41) is 8.13. The Kier molecular flexibility index (Phi) is 7.01. The van der Waals surface area contributed by atoms with Gasteiger partial charge in [0.05, 0.1) is 12.6 Å². The van der Waals surface area contributed by atoms with Gasteiger partial charge in [0.15, 0.2) is 0 Å². The first-order valence-corrected chi connectivity index (χ1v) is 9.28. The Hall–Kier alpha value is -2.34. The zero-order valence-electron chi connectivity index (χ0n) is 14.9. The lowest BCUT2D eigenvalue weighted by atomic mass is 10.2. The quantitative estimate of drug-likeness (QED) is 0.759. The van der Waals surface area contributed by atoms with Crippen LogP contribution in [0.15, 0.2) is 41.8 Å². The fraction of sp³-hybridized carbons (Fsp3) is 0.368. The van der Waals surface area contributed by atoms with Crippen molar-refractivity contribution in [2.75, 3.05) is 18.4 Å². The first-order chi connectivity index (χ1) is 12.0. The zero-order chi connectivity index (χ0) is 18.2. The summed E-state index contributed by atoms with van der Waals surface area (Å²) >= 11 is 1.63. The molecule has 0 spiro atoms. The maximum atomic E-state index is 12.1. The van der Waals surface area contributed by atoms with E-state index in [0.717, 1.165) is 16.1 Å². The minimum Gasteiger partial charge on any atom is -0.376 e. The van der Waals surface area contributed by atoms with Gasteiger partial charge in [-0.3, -0.25) is 9.59 Å². The van der Waals surface area contributed by atoms with E-state index in [1.165, 1.54) is 0 Å². The van der Waals surface area contributed by atoms with E-state index in [-0.39, 0.29) is 24.4 Å². The van der Waals surface area contributed by atoms with Crippen molar-refractivity contribution < 1.29 is 9.59 Å². The molecule has 1 atom stereocenters. The highest BCUT2D eigenvalue weighted by Gasteiger charge is 2.11. The van der Waals surface area contributed by atoms with Gasteiger partial charge >= 0.3 is 0 Å². The first-order valence-electron chi connectivity index (χ1n) is 8.40. The average molecular weight is 359 g/mol. The van der Waals surface area contributed by atoms with E-state index >= 15 is 0 Å². The molecular formula is C19H25N3O2S. The Bertz CT molecular complexity index is 700. The summed E-state index contributed by atoms with van der Waals surface area (Å²) < 4.78 is 0. The van der Waals surface area contributed by atoms with Crippen LogP contribution in [0.2, 0.25) is 0 Å². The van der Waals surface area contributed by atoms with Gasteiger partial charge < -0.3 is 15.5 Å². The average Bonchev–Trinajstić information content (AvgIpc) is 3.12. The predicted molar refractivity (Wildman–Crippen MR) is 103 cm³/mol. The van der Waals surface area contributed by atoms with Gasteiger partial charge in [0.2, 0.25) is 11.8 Å². The summed E-state index contributed by atoms with van der Waals surface area (Å²) in [4.78, 5) is 26.5. The van der Waals surface area contributed by atoms with E-state index in [1.54, 1.807) is 23.2 Å². The molecule has 1 aromatic carbocycles. The van der Waals surface area contributed by atoms with Crippen LogP contribution in [0.4, 0.5) is 5.69 Å². The molecular weight excluding hydrogens is 334 g/mol. The summed E-state index contributed by atoms with van der Waals surface area (Å²) in [5.74, 6) is 0.00743. The Morgan fingerprint density at radius 3 is 2.68 bits per heavy atom. The third-order valence-corrected chi connectivity index (χ3v) is 4.98. The van der Waals surface area contributed by atoms with Gasteiger partial charge in [-0.1, -0.05) is 18.2 Å². The molecule has 134 valence electrons. The van der Waals surface area contributed by atoms with Crippen LogP contribution in [0.3, 0.4) is 0 Å². The SMILES string of the molecule is CCN(Cc1cccc(NCC(=O)NC(C)c2cccs2)c1)C(C)=O. The third kappa shape index (κ3) is 5.90. The molecule has 1 heterocycles. The summed E-state index contributed by atoms with van der Waals surface area (Å²) in [5.41, 5.74) is 1.91. The number of anilines is 1. The molecule has 0 aliphatic heterocycles. The van der Waals surface area contributed by atoms with Crippen molar-refractivity contribution >= 4 is 28.8 Å². The maximum absolute atomic E-state index is 12.1. The van der Waals surface area contributed by atoms with Gasteiger partial charge in [-0.15, -0.1) is 11.3 Å². The van der Waals surface area contributed by atoms with E-state index in [2.05, 4.69) is 10.6 Å². The molecule has 6 heteroatoms. The summed E-state index contributed by atoms with van der Waals surface area (Å²) in [6.07, 6.45) is 0. The lowest BCUT2D eigenvalue weighted by Crippen LogP contribution is -2.31. The van der Waals surface area contributed by atoms with E-state index in [9.17, 15) is 9.59 Å². The van der Waals surface area contributed by atoms with Crippen molar-refractivity contribution in [2.45, 2.75) is 33.4 Å². The number of amides is 2. The summed E-state index contributed by atoms with van der Waals surface area (Å²) in [6.45, 7) is 6.97. The highest BCUT2D eigenvalue weighted by Crippen LogP contribution is 2.18. The summed E-state index contributed by atoms with van der Waals surface area (Å²) in [7, 11) is 0. The van der Waals surface area contributed by atoms with Crippen molar-refractivity contribution in [3.63, 3.8) is 0 Å². The van der Waals surface area contributed by atoms with Crippen LogP contribution >= 0.6 is 11.3 Å². The number of carbonyl (C=O) groups excluding carboxylic acids is 2. The normalized spacial score (nSPS) is 11.6. The minimum atomic E-state index is -0.0507.